The fourth-order valence-corrected chi connectivity index (χ4v) is 2.98. The highest BCUT2D eigenvalue weighted by molar-refractivity contribution is 7.15. The molecule has 1 aliphatic rings. The zero-order valence-corrected chi connectivity index (χ0v) is 11.2. The molecule has 1 N–H and O–H groups in total. The van der Waals surface area contributed by atoms with Crippen LogP contribution in [0.4, 0.5) is 5.00 Å². The van der Waals surface area contributed by atoms with E-state index < -0.39 is 0 Å². The molecule has 0 bridgehead atoms. The van der Waals surface area contributed by atoms with E-state index in [1.54, 1.807) is 6.07 Å². The van der Waals surface area contributed by atoms with Crippen LogP contribution in [0.1, 0.15) is 24.1 Å². The minimum Gasteiger partial charge on any atom is -0.311 e. The summed E-state index contributed by atoms with van der Waals surface area (Å²) in [7, 11) is 0. The summed E-state index contributed by atoms with van der Waals surface area (Å²) < 4.78 is 0. The van der Waals surface area contributed by atoms with Gasteiger partial charge in [0.1, 0.15) is 0 Å². The molecule has 0 atom stereocenters. The summed E-state index contributed by atoms with van der Waals surface area (Å²) in [4.78, 5) is 13.7. The fourth-order valence-electron chi connectivity index (χ4n) is 2.19. The standard InChI is InChI=1S/C12H19N3O2S/c16-15(17)12-5-4-11(18-12)10-13-6-9-14-7-2-1-3-8-14/h4-5,13H,1-3,6-10H2. The zero-order chi connectivity index (χ0) is 12.8. The SMILES string of the molecule is O=[N+]([O-])c1ccc(CNCCN2CCCCC2)s1. The second-order valence-electron chi connectivity index (χ2n) is 4.58. The van der Waals surface area contributed by atoms with Gasteiger partial charge in [0.15, 0.2) is 0 Å². The molecule has 2 heterocycles. The van der Waals surface area contributed by atoms with E-state index in [1.165, 1.54) is 43.7 Å². The topological polar surface area (TPSA) is 58.4 Å². The molecule has 0 saturated carbocycles. The molecule has 5 nitrogen and oxygen atoms in total. The number of nitrogens with one attached hydrogen (secondary N) is 1. The highest BCUT2D eigenvalue weighted by Crippen LogP contribution is 2.23. The second-order valence-corrected chi connectivity index (χ2v) is 5.72. The third-order valence-electron chi connectivity index (χ3n) is 3.18. The molecule has 6 heteroatoms. The predicted molar refractivity (Wildman–Crippen MR) is 73.0 cm³/mol. The predicted octanol–water partition coefficient (Wildman–Crippen LogP) is 2.23. The van der Waals surface area contributed by atoms with Crippen LogP contribution in [0, 0.1) is 10.1 Å². The average Bonchev–Trinajstić information content (AvgIpc) is 2.85. The Morgan fingerprint density at radius 2 is 2.11 bits per heavy atom. The van der Waals surface area contributed by atoms with Gasteiger partial charge in [-0.25, -0.2) is 0 Å². The Bertz CT molecular complexity index is 388. The lowest BCUT2D eigenvalue weighted by Gasteiger charge is -2.26. The molecule has 1 saturated heterocycles. The van der Waals surface area contributed by atoms with Crippen LogP contribution in [0.3, 0.4) is 0 Å². The van der Waals surface area contributed by atoms with Gasteiger partial charge in [-0.05, 0) is 32.0 Å². The van der Waals surface area contributed by atoms with Gasteiger partial charge in [0.25, 0.3) is 0 Å². The van der Waals surface area contributed by atoms with Gasteiger partial charge in [-0.1, -0.05) is 17.8 Å². The third kappa shape index (κ3) is 4.04. The van der Waals surface area contributed by atoms with E-state index >= 15 is 0 Å². The molecule has 1 fully saturated rings. The molecule has 1 aromatic rings. The maximum absolute atomic E-state index is 10.5. The van der Waals surface area contributed by atoms with E-state index in [0.29, 0.717) is 0 Å². The van der Waals surface area contributed by atoms with Gasteiger partial charge in [-0.2, -0.15) is 0 Å². The fraction of sp³-hybridized carbons (Fsp3) is 0.667. The van der Waals surface area contributed by atoms with E-state index in [4.69, 9.17) is 0 Å². The number of nitro groups is 1. The summed E-state index contributed by atoms with van der Waals surface area (Å²) in [6.45, 7) is 5.18. The first-order chi connectivity index (χ1) is 8.75. The summed E-state index contributed by atoms with van der Waals surface area (Å²) >= 11 is 1.25. The first-order valence-corrected chi connectivity index (χ1v) is 7.23. The maximum atomic E-state index is 10.5. The van der Waals surface area contributed by atoms with Crippen LogP contribution in [-0.4, -0.2) is 36.0 Å². The second kappa shape index (κ2) is 6.82. The Morgan fingerprint density at radius 1 is 1.33 bits per heavy atom. The summed E-state index contributed by atoms with van der Waals surface area (Å²) in [5.41, 5.74) is 0. The molecule has 0 radical (unpaired) electrons. The number of thiophene rings is 1. The van der Waals surface area contributed by atoms with Gasteiger partial charge < -0.3 is 10.2 Å². The van der Waals surface area contributed by atoms with Crippen molar-refractivity contribution in [3.05, 3.63) is 27.1 Å². The van der Waals surface area contributed by atoms with E-state index in [-0.39, 0.29) is 9.92 Å². The Morgan fingerprint density at radius 3 is 2.78 bits per heavy atom. The number of likely N-dealkylation sites (tertiary alicyclic amines) is 1. The molecule has 0 aromatic carbocycles. The first-order valence-electron chi connectivity index (χ1n) is 6.42. The molecule has 0 unspecified atom stereocenters. The molecule has 1 aliphatic heterocycles. The molecule has 0 aliphatic carbocycles. The third-order valence-corrected chi connectivity index (χ3v) is 4.22. The lowest BCUT2D eigenvalue weighted by Crippen LogP contribution is -2.35. The lowest BCUT2D eigenvalue weighted by atomic mass is 10.1. The molecule has 100 valence electrons. The number of nitrogens with zero attached hydrogens (tertiary/aromatic N) is 2. The van der Waals surface area contributed by atoms with Crippen molar-refractivity contribution in [1.82, 2.24) is 10.2 Å². The van der Waals surface area contributed by atoms with Gasteiger partial charge in [0.05, 0.1) is 4.92 Å². The summed E-state index contributed by atoms with van der Waals surface area (Å²) in [6, 6.07) is 3.41. The van der Waals surface area contributed by atoms with E-state index in [1.807, 2.05) is 6.07 Å². The number of rotatable bonds is 6. The normalized spacial score (nSPS) is 16.9. The Labute approximate surface area is 111 Å². The van der Waals surface area contributed by atoms with Crippen molar-refractivity contribution in [3.63, 3.8) is 0 Å². The van der Waals surface area contributed by atoms with Crippen molar-refractivity contribution in [2.75, 3.05) is 26.2 Å². The zero-order valence-electron chi connectivity index (χ0n) is 10.4. The van der Waals surface area contributed by atoms with E-state index in [9.17, 15) is 10.1 Å². The van der Waals surface area contributed by atoms with Gasteiger partial charge in [0.2, 0.25) is 0 Å². The molecule has 1 aromatic heterocycles. The number of hydrogen-bond acceptors (Lipinski definition) is 5. The smallest absolute Gasteiger partial charge is 0.311 e. The highest BCUT2D eigenvalue weighted by Gasteiger charge is 2.10. The van der Waals surface area contributed by atoms with Gasteiger partial charge in [-0.3, -0.25) is 10.1 Å². The van der Waals surface area contributed by atoms with Crippen molar-refractivity contribution in [1.29, 1.82) is 0 Å². The van der Waals surface area contributed by atoms with Gasteiger partial charge >= 0.3 is 5.00 Å². The molecular formula is C12H19N3O2S. The Balaban J connectivity index is 1.63. The van der Waals surface area contributed by atoms with Crippen molar-refractivity contribution < 1.29 is 4.92 Å². The maximum Gasteiger partial charge on any atom is 0.324 e. The summed E-state index contributed by atoms with van der Waals surface area (Å²) in [5.74, 6) is 0. The van der Waals surface area contributed by atoms with Crippen LogP contribution in [-0.2, 0) is 6.54 Å². The highest BCUT2D eigenvalue weighted by atomic mass is 32.1. The number of hydrogen-bond donors (Lipinski definition) is 1. The van der Waals surface area contributed by atoms with Crippen molar-refractivity contribution in [2.45, 2.75) is 25.8 Å². The molecular weight excluding hydrogens is 250 g/mol. The lowest BCUT2D eigenvalue weighted by molar-refractivity contribution is -0.380. The minimum absolute atomic E-state index is 0.225. The first kappa shape index (κ1) is 13.5. The van der Waals surface area contributed by atoms with Crippen LogP contribution >= 0.6 is 11.3 Å². The van der Waals surface area contributed by atoms with Crippen molar-refractivity contribution >= 4 is 16.3 Å². The quantitative estimate of drug-likeness (QED) is 0.489. The molecule has 18 heavy (non-hydrogen) atoms. The molecule has 2 rings (SSSR count). The van der Waals surface area contributed by atoms with E-state index in [2.05, 4.69) is 10.2 Å². The van der Waals surface area contributed by atoms with E-state index in [0.717, 1.165) is 24.5 Å². The van der Waals surface area contributed by atoms with Crippen LogP contribution < -0.4 is 5.32 Å². The van der Waals surface area contributed by atoms with Crippen LogP contribution in [0.5, 0.6) is 0 Å². The molecule has 0 amide bonds. The van der Waals surface area contributed by atoms with Crippen molar-refractivity contribution in [2.24, 2.45) is 0 Å². The van der Waals surface area contributed by atoms with Gasteiger partial charge in [0, 0.05) is 30.6 Å². The van der Waals surface area contributed by atoms with Crippen LogP contribution in [0.25, 0.3) is 0 Å². The summed E-state index contributed by atoms with van der Waals surface area (Å²) in [5, 5.41) is 14.1. The number of piperidine rings is 1. The average molecular weight is 269 g/mol. The minimum atomic E-state index is -0.331. The Kier molecular flexibility index (Phi) is 5.10. The van der Waals surface area contributed by atoms with Gasteiger partial charge in [-0.15, -0.1) is 0 Å². The van der Waals surface area contributed by atoms with Crippen LogP contribution in [0.15, 0.2) is 12.1 Å². The van der Waals surface area contributed by atoms with Crippen molar-refractivity contribution in [3.8, 4) is 0 Å². The largest absolute Gasteiger partial charge is 0.324 e. The monoisotopic (exact) mass is 269 g/mol. The Hall–Kier alpha value is -0.980. The molecule has 0 spiro atoms. The summed E-state index contributed by atoms with van der Waals surface area (Å²) in [6.07, 6.45) is 4.00. The van der Waals surface area contributed by atoms with Crippen LogP contribution in [0.2, 0.25) is 0 Å².